The van der Waals surface area contributed by atoms with Crippen molar-refractivity contribution in [2.24, 2.45) is 0 Å². The highest BCUT2D eigenvalue weighted by molar-refractivity contribution is 5.70. The molecule has 2 heterocycles. The maximum absolute atomic E-state index is 13.0. The van der Waals surface area contributed by atoms with Crippen molar-refractivity contribution in [1.29, 1.82) is 0 Å². The van der Waals surface area contributed by atoms with Gasteiger partial charge in [-0.05, 0) is 77.0 Å². The van der Waals surface area contributed by atoms with E-state index >= 15 is 0 Å². The SMILES string of the molecule is CC/C=C/C/C=C/C/C=C/C/C=C/C/C=C/CCCC(=O)O[C@H](COC(=O)CCCCCCC/C=C/C=C/CCCCCC)CO[C@H]1O[C@@H](CO[C@H]2O[C@@H](CO)[C@@H](O)C(O)C2O)[C@@H](O)C(O)C1O. The Morgan fingerprint density at radius 1 is 0.500 bits per heavy atom. The van der Waals surface area contributed by atoms with Crippen molar-refractivity contribution in [2.45, 2.75) is 210 Å². The Morgan fingerprint density at radius 2 is 0.985 bits per heavy atom. The van der Waals surface area contributed by atoms with Gasteiger partial charge < -0.3 is 64.2 Å². The van der Waals surface area contributed by atoms with Gasteiger partial charge >= 0.3 is 11.9 Å². The highest BCUT2D eigenvalue weighted by Crippen LogP contribution is 2.26. The molecule has 15 heteroatoms. The van der Waals surface area contributed by atoms with Crippen molar-refractivity contribution in [3.05, 3.63) is 85.1 Å². The molecule has 2 aliphatic rings. The second-order valence-electron chi connectivity index (χ2n) is 17.3. The highest BCUT2D eigenvalue weighted by atomic mass is 16.7. The Morgan fingerprint density at radius 3 is 1.57 bits per heavy atom. The third-order valence-corrected chi connectivity index (χ3v) is 11.4. The molecule has 0 saturated carbocycles. The molecule has 11 atom stereocenters. The second kappa shape index (κ2) is 39.4. The average Bonchev–Trinajstić information content (AvgIpc) is 3.33. The molecule has 0 aromatic heterocycles. The molecule has 0 spiro atoms. The minimum Gasteiger partial charge on any atom is -0.462 e. The summed E-state index contributed by atoms with van der Waals surface area (Å²) >= 11 is 0. The lowest BCUT2D eigenvalue weighted by Gasteiger charge is -2.42. The Labute approximate surface area is 405 Å². The summed E-state index contributed by atoms with van der Waals surface area (Å²) in [6.45, 7) is 2.35. The van der Waals surface area contributed by atoms with Crippen LogP contribution < -0.4 is 0 Å². The number of aliphatic hydroxyl groups is 7. The predicted molar refractivity (Wildman–Crippen MR) is 261 cm³/mol. The number of carbonyl (C=O) groups is 2. The highest BCUT2D eigenvalue weighted by Gasteiger charge is 2.47. The standard InChI is InChI=1S/C53H86O15/c1-3-5-7-9-11-13-15-17-19-20-22-24-26-28-30-32-34-36-45(56)66-41(38-63-44(55)35-33-31-29-27-25-23-21-18-16-14-12-10-8-6-4-2)39-64-52-51(62)49(60)47(58)43(68-52)40-65-53-50(61)48(59)46(57)42(37-54)67-53/h5,7,11,13-14,16-19,21-22,24,28,30,41-43,46-54,57-62H,3-4,6,8-10,12,15,20,23,25-27,29,31-40H2,1-2H3/b7-5+,13-11+,16-14+,19-17+,21-18+,24-22+,30-28+/t41-,42+,43+,46-,47-,48?,49?,50?,51?,52+,53+/m1/s1. The van der Waals surface area contributed by atoms with Crippen LogP contribution >= 0.6 is 0 Å². The zero-order chi connectivity index (χ0) is 49.6. The molecule has 0 bridgehead atoms. The van der Waals surface area contributed by atoms with Crippen molar-refractivity contribution >= 4 is 11.9 Å². The quantitative estimate of drug-likeness (QED) is 0.0147. The van der Waals surface area contributed by atoms with E-state index in [1.54, 1.807) is 0 Å². The van der Waals surface area contributed by atoms with Crippen LogP contribution in [0.1, 0.15) is 142 Å². The number of allylic oxidation sites excluding steroid dienone is 14. The van der Waals surface area contributed by atoms with Crippen LogP contribution in [0.4, 0.5) is 0 Å². The predicted octanol–water partition coefficient (Wildman–Crippen LogP) is 6.82. The van der Waals surface area contributed by atoms with Gasteiger partial charge in [-0.3, -0.25) is 9.59 Å². The molecule has 2 saturated heterocycles. The van der Waals surface area contributed by atoms with E-state index in [9.17, 15) is 45.3 Å². The van der Waals surface area contributed by atoms with Gasteiger partial charge in [0.15, 0.2) is 18.7 Å². The van der Waals surface area contributed by atoms with E-state index in [1.165, 1.54) is 25.7 Å². The summed E-state index contributed by atoms with van der Waals surface area (Å²) in [4.78, 5) is 25.7. The fourth-order valence-corrected chi connectivity index (χ4v) is 7.24. The molecular formula is C53H86O15. The average molecular weight is 963 g/mol. The maximum Gasteiger partial charge on any atom is 0.306 e. The fraction of sp³-hybridized carbons (Fsp3) is 0.698. The lowest BCUT2D eigenvalue weighted by atomic mass is 9.98. The molecule has 2 aliphatic heterocycles. The van der Waals surface area contributed by atoms with Crippen molar-refractivity contribution in [1.82, 2.24) is 0 Å². The van der Waals surface area contributed by atoms with Crippen LogP contribution in [0.2, 0.25) is 0 Å². The summed E-state index contributed by atoms with van der Waals surface area (Å²) in [7, 11) is 0. The monoisotopic (exact) mass is 963 g/mol. The van der Waals surface area contributed by atoms with Crippen molar-refractivity contribution in [2.75, 3.05) is 26.4 Å². The topological polar surface area (TPSA) is 231 Å². The molecule has 15 nitrogen and oxygen atoms in total. The summed E-state index contributed by atoms with van der Waals surface area (Å²) in [5.74, 6) is -1.02. The summed E-state index contributed by atoms with van der Waals surface area (Å²) in [6, 6.07) is 0. The first-order valence-electron chi connectivity index (χ1n) is 25.2. The Kier molecular flexibility index (Phi) is 35.2. The number of unbranched alkanes of at least 4 members (excludes halogenated alkanes) is 10. The first-order valence-corrected chi connectivity index (χ1v) is 25.2. The van der Waals surface area contributed by atoms with Crippen LogP contribution in [-0.4, -0.2) is 142 Å². The molecule has 0 aromatic rings. The van der Waals surface area contributed by atoms with E-state index in [0.29, 0.717) is 19.3 Å². The van der Waals surface area contributed by atoms with Crippen molar-refractivity contribution < 1.29 is 73.8 Å². The van der Waals surface area contributed by atoms with Gasteiger partial charge in [0, 0.05) is 12.8 Å². The van der Waals surface area contributed by atoms with Crippen LogP contribution in [0.5, 0.6) is 0 Å². The van der Waals surface area contributed by atoms with Crippen molar-refractivity contribution in [3.63, 3.8) is 0 Å². The molecule has 4 unspecified atom stereocenters. The van der Waals surface area contributed by atoms with Gasteiger partial charge in [-0.15, -0.1) is 0 Å². The van der Waals surface area contributed by atoms with Gasteiger partial charge in [0.25, 0.3) is 0 Å². The molecule has 0 radical (unpaired) electrons. The maximum atomic E-state index is 13.0. The first kappa shape index (κ1) is 60.8. The van der Waals surface area contributed by atoms with Crippen LogP contribution in [0.25, 0.3) is 0 Å². The van der Waals surface area contributed by atoms with Crippen LogP contribution in [0.3, 0.4) is 0 Å². The number of carbonyl (C=O) groups excluding carboxylic acids is 2. The van der Waals surface area contributed by atoms with Crippen LogP contribution in [0.15, 0.2) is 85.1 Å². The molecule has 7 N–H and O–H groups in total. The normalized spacial score (nSPS) is 26.5. The van der Waals surface area contributed by atoms with Gasteiger partial charge in [0.1, 0.15) is 55.4 Å². The summed E-state index contributed by atoms with van der Waals surface area (Å²) in [6.07, 6.45) is 30.4. The van der Waals surface area contributed by atoms with Gasteiger partial charge in [0.2, 0.25) is 0 Å². The number of ether oxygens (including phenoxy) is 6. The lowest BCUT2D eigenvalue weighted by molar-refractivity contribution is -0.332. The molecule has 0 aromatic carbocycles. The summed E-state index contributed by atoms with van der Waals surface area (Å²) in [5, 5.41) is 72.0. The Hall–Kier alpha value is -3.32. The third-order valence-electron chi connectivity index (χ3n) is 11.4. The number of aliphatic hydroxyl groups excluding tert-OH is 7. The zero-order valence-corrected chi connectivity index (χ0v) is 40.8. The molecule has 2 rings (SSSR count). The minimum atomic E-state index is -1.78. The van der Waals surface area contributed by atoms with Gasteiger partial charge in [-0.1, -0.05) is 137 Å². The number of hydrogen-bond donors (Lipinski definition) is 7. The third kappa shape index (κ3) is 27.2. The smallest absolute Gasteiger partial charge is 0.306 e. The second-order valence-corrected chi connectivity index (χ2v) is 17.3. The number of esters is 2. The number of hydrogen-bond acceptors (Lipinski definition) is 15. The van der Waals surface area contributed by atoms with E-state index in [0.717, 1.165) is 70.6 Å². The lowest BCUT2D eigenvalue weighted by Crippen LogP contribution is -2.61. The Bertz CT molecular complexity index is 1510. The van der Waals surface area contributed by atoms with E-state index in [4.69, 9.17) is 28.4 Å². The molecular weight excluding hydrogens is 877 g/mol. The molecule has 0 amide bonds. The van der Waals surface area contributed by atoms with Crippen LogP contribution in [-0.2, 0) is 38.0 Å². The molecule has 0 aliphatic carbocycles. The molecule has 68 heavy (non-hydrogen) atoms. The van der Waals surface area contributed by atoms with Gasteiger partial charge in [-0.2, -0.15) is 0 Å². The van der Waals surface area contributed by atoms with Gasteiger partial charge in [-0.25, -0.2) is 0 Å². The zero-order valence-electron chi connectivity index (χ0n) is 40.8. The summed E-state index contributed by atoms with van der Waals surface area (Å²) < 4.78 is 33.5. The van der Waals surface area contributed by atoms with E-state index in [1.807, 2.05) is 12.2 Å². The Balaban J connectivity index is 1.86. The molecule has 388 valence electrons. The van der Waals surface area contributed by atoms with Gasteiger partial charge in [0.05, 0.1) is 19.8 Å². The van der Waals surface area contributed by atoms with E-state index in [-0.39, 0.29) is 19.4 Å². The summed E-state index contributed by atoms with van der Waals surface area (Å²) in [5.41, 5.74) is 0. The van der Waals surface area contributed by atoms with Crippen molar-refractivity contribution in [3.8, 4) is 0 Å². The van der Waals surface area contributed by atoms with E-state index in [2.05, 4.69) is 86.8 Å². The minimum absolute atomic E-state index is 0.0786. The molecule has 2 fully saturated rings. The fourth-order valence-electron chi connectivity index (χ4n) is 7.24. The number of rotatable bonds is 37. The first-order chi connectivity index (χ1) is 33.0. The van der Waals surface area contributed by atoms with Crippen LogP contribution in [0, 0.1) is 0 Å². The van der Waals surface area contributed by atoms with E-state index < -0.39 is 99.3 Å². The largest absolute Gasteiger partial charge is 0.462 e.